The Hall–Kier alpha value is -4.48. The van der Waals surface area contributed by atoms with Crippen LogP contribution in [0.4, 0.5) is 11.4 Å². The number of nitrogens with zero attached hydrogens (tertiary/aromatic N) is 4. The number of carbonyl (C=O) groups excluding carboxylic acids is 2. The van der Waals surface area contributed by atoms with E-state index in [2.05, 4.69) is 13.4 Å². The smallest absolute Gasteiger partial charge is 0.400 e. The van der Waals surface area contributed by atoms with Crippen LogP contribution in [0.25, 0.3) is 0 Å². The van der Waals surface area contributed by atoms with Crippen LogP contribution in [-0.2, 0) is 38.5 Å². The molecular formula is C47H58Cl2N4O9S2. The van der Waals surface area contributed by atoms with Gasteiger partial charge in [-0.05, 0) is 61.4 Å². The summed E-state index contributed by atoms with van der Waals surface area (Å²) in [5, 5.41) is 0.0902. The van der Waals surface area contributed by atoms with Gasteiger partial charge in [0.1, 0.15) is 21.5 Å². The van der Waals surface area contributed by atoms with E-state index in [4.69, 9.17) is 23.2 Å². The minimum atomic E-state index is -4.50. The second kappa shape index (κ2) is 24.2. The van der Waals surface area contributed by atoms with E-state index in [-0.39, 0.29) is 51.3 Å². The highest BCUT2D eigenvalue weighted by atomic mass is 35.5. The molecule has 0 saturated carbocycles. The summed E-state index contributed by atoms with van der Waals surface area (Å²) >= 11 is 12.5. The van der Waals surface area contributed by atoms with Crippen LogP contribution in [-0.4, -0.2) is 101 Å². The van der Waals surface area contributed by atoms with Crippen LogP contribution >= 0.6 is 23.2 Å². The van der Waals surface area contributed by atoms with Crippen molar-refractivity contribution in [2.45, 2.75) is 84.0 Å². The minimum absolute atomic E-state index is 0. The third kappa shape index (κ3) is 14.3. The molecule has 0 bridgehead atoms. The lowest BCUT2D eigenvalue weighted by molar-refractivity contribution is -0.525. The lowest BCUT2D eigenvalue weighted by Crippen LogP contribution is -2.40. The van der Waals surface area contributed by atoms with Crippen molar-refractivity contribution in [1.29, 1.82) is 0 Å². The number of carbonyl (C=O) groups is 2. The van der Waals surface area contributed by atoms with Gasteiger partial charge in [-0.15, -0.1) is 0 Å². The molecule has 2 amide bonds. The average Bonchev–Trinajstić information content (AvgIpc) is 3.62. The molecule has 1 saturated heterocycles. The van der Waals surface area contributed by atoms with Gasteiger partial charge in [0.15, 0.2) is 13.1 Å². The molecule has 4 aromatic rings. The van der Waals surface area contributed by atoms with Gasteiger partial charge in [-0.3, -0.25) is 14.6 Å². The number of unbranched alkanes of at least 4 members (excludes halogenated alkanes) is 2. The lowest BCUT2D eigenvalue weighted by Gasteiger charge is -2.26. The predicted molar refractivity (Wildman–Crippen MR) is 255 cm³/mol. The Balaban J connectivity index is 0.000000233. The Morgan fingerprint density at radius 2 is 1.36 bits per heavy atom. The van der Waals surface area contributed by atoms with Gasteiger partial charge in [0.05, 0.1) is 35.7 Å². The van der Waals surface area contributed by atoms with E-state index in [9.17, 15) is 31.0 Å². The lowest BCUT2D eigenvalue weighted by atomic mass is 9.97. The largest absolute Gasteiger partial charge is 0.748 e. The molecule has 7 rings (SSSR count). The van der Waals surface area contributed by atoms with E-state index in [1.807, 2.05) is 91.2 Å². The molecule has 0 aliphatic carbocycles. The van der Waals surface area contributed by atoms with Crippen LogP contribution in [0.1, 0.15) is 94.9 Å². The third-order valence-electron chi connectivity index (χ3n) is 10.7. The van der Waals surface area contributed by atoms with E-state index >= 15 is 0 Å². The molecule has 13 nitrogen and oxygen atoms in total. The quantitative estimate of drug-likeness (QED) is 0.106. The molecule has 64 heavy (non-hydrogen) atoms. The molecular weight excluding hydrogens is 900 g/mol. The number of benzene rings is 4. The fourth-order valence-corrected chi connectivity index (χ4v) is 9.38. The first-order valence-corrected chi connectivity index (χ1v) is 24.5. The normalized spacial score (nSPS) is 17.7. The summed E-state index contributed by atoms with van der Waals surface area (Å²) in [7, 11) is -4.61. The predicted octanol–water partition coefficient (Wildman–Crippen LogP) is 8.68. The molecule has 3 aliphatic heterocycles. The van der Waals surface area contributed by atoms with Crippen LogP contribution in [0, 0.1) is 0 Å². The van der Waals surface area contributed by atoms with Gasteiger partial charge < -0.3 is 14.4 Å². The monoisotopic (exact) mass is 956 g/mol. The Morgan fingerprint density at radius 3 is 1.91 bits per heavy atom. The summed E-state index contributed by atoms with van der Waals surface area (Å²) in [4.78, 5) is 32.7. The summed E-state index contributed by atoms with van der Waals surface area (Å²) in [5.74, 6) is -0.0230. The van der Waals surface area contributed by atoms with Crippen molar-refractivity contribution < 1.29 is 43.9 Å². The summed E-state index contributed by atoms with van der Waals surface area (Å²) < 4.78 is 68.1. The molecule has 0 aromatic heterocycles. The maximum Gasteiger partial charge on any atom is 0.400 e. The van der Waals surface area contributed by atoms with Crippen molar-refractivity contribution in [2.75, 3.05) is 50.1 Å². The first kappa shape index (κ1) is 52.1. The molecule has 2 atom stereocenters. The average molecular weight is 958 g/mol. The molecule has 2 unspecified atom stereocenters. The van der Waals surface area contributed by atoms with Gasteiger partial charge in [-0.25, -0.2) is 21.4 Å². The van der Waals surface area contributed by atoms with Crippen molar-refractivity contribution in [3.05, 3.63) is 129 Å². The number of fused-ring (bicyclic) bond motifs is 2. The van der Waals surface area contributed by atoms with Gasteiger partial charge in [0.2, 0.25) is 17.5 Å². The number of hydrogen-bond acceptors (Lipinski definition) is 10. The SMILES string of the molecule is C.CCCCC(C[N+]1=C(c2ccccc2)c2cc(Cl)ccc2N(C)C(=O)CC1)S(=O)(=O)[O-].CCCCC1COS(=O)(=O)O1.CN1C(=O)CCN=C(c2ccccc2)c2cc(Cl)ccc21. The summed E-state index contributed by atoms with van der Waals surface area (Å²) in [6.45, 7) is 5.00. The number of amides is 2. The van der Waals surface area contributed by atoms with Crippen molar-refractivity contribution in [3.8, 4) is 0 Å². The second-order valence-electron chi connectivity index (χ2n) is 15.3. The Morgan fingerprint density at radius 1 is 0.812 bits per heavy atom. The third-order valence-corrected chi connectivity index (χ3v) is 13.3. The highest BCUT2D eigenvalue weighted by Crippen LogP contribution is 2.30. The van der Waals surface area contributed by atoms with Crippen molar-refractivity contribution in [2.24, 2.45) is 4.99 Å². The maximum absolute atomic E-state index is 12.7. The van der Waals surface area contributed by atoms with Crippen LogP contribution in [0.15, 0.2) is 102 Å². The molecule has 0 spiro atoms. The summed E-state index contributed by atoms with van der Waals surface area (Å²) in [6, 6.07) is 30.4. The van der Waals surface area contributed by atoms with E-state index in [1.165, 1.54) is 0 Å². The molecule has 346 valence electrons. The number of aliphatic imine (C=N–C) groups is 1. The van der Waals surface area contributed by atoms with Crippen molar-refractivity contribution in [1.82, 2.24) is 0 Å². The van der Waals surface area contributed by atoms with Gasteiger partial charge >= 0.3 is 10.4 Å². The standard InChI is InChI=1S/C23H27ClN2O4S.C17H15ClN2O.C6H12O4S.CH4/c1-3-4-10-19(31(28,29)30)16-26-14-13-22(27)25(2)21-12-11-18(24)15-20(21)23(26)17-8-6-5-7-9-17;1-20-15-8-7-13(18)11-14(15)17(19-10-9-16(20)21)12-5-3-2-4-6-12;1-2-3-4-6-5-9-11(7,8)10-6;/h5-9,11-12,15,19H,3-4,10,13-14,16H2,1-2H3;2-8,11H,9-10H2,1H3;6H,2-5H2,1H3;1H4. The van der Waals surface area contributed by atoms with Crippen LogP contribution in [0.5, 0.6) is 0 Å². The van der Waals surface area contributed by atoms with Gasteiger partial charge in [0.25, 0.3) is 0 Å². The Bertz CT molecular complexity index is 2510. The number of rotatable bonds is 11. The van der Waals surface area contributed by atoms with E-state index in [0.717, 1.165) is 65.0 Å². The molecule has 4 aromatic carbocycles. The number of anilines is 2. The summed E-state index contributed by atoms with van der Waals surface area (Å²) in [5.41, 5.74) is 6.70. The topological polar surface area (TPSA) is 166 Å². The highest BCUT2D eigenvalue weighted by molar-refractivity contribution is 7.86. The van der Waals surface area contributed by atoms with Gasteiger partial charge in [-0.2, -0.15) is 8.42 Å². The minimum Gasteiger partial charge on any atom is -0.748 e. The Kier molecular flexibility index (Phi) is 19.7. The fraction of sp³-hybridized carbons (Fsp3) is 0.404. The van der Waals surface area contributed by atoms with Crippen molar-refractivity contribution in [3.63, 3.8) is 0 Å². The zero-order valence-corrected chi connectivity index (χ0v) is 39.1. The molecule has 0 N–H and O–H groups in total. The van der Waals surface area contributed by atoms with Crippen LogP contribution < -0.4 is 9.80 Å². The second-order valence-corrected chi connectivity index (χ2v) is 19.1. The molecule has 0 radical (unpaired) electrons. The first-order chi connectivity index (χ1) is 30.0. The van der Waals surface area contributed by atoms with E-state index in [1.54, 1.807) is 48.2 Å². The zero-order chi connectivity index (χ0) is 45.7. The highest BCUT2D eigenvalue weighted by Gasteiger charge is 2.33. The van der Waals surface area contributed by atoms with Crippen molar-refractivity contribution >= 4 is 78.3 Å². The number of halogens is 2. The Labute approximate surface area is 388 Å². The van der Waals surface area contributed by atoms with Gasteiger partial charge in [0, 0.05) is 53.8 Å². The molecule has 3 heterocycles. The number of hydrogen-bond donors (Lipinski definition) is 0. The fourth-order valence-electron chi connectivity index (χ4n) is 7.35. The van der Waals surface area contributed by atoms with E-state index < -0.39 is 25.8 Å². The first-order valence-electron chi connectivity index (χ1n) is 20.9. The zero-order valence-electron chi connectivity index (χ0n) is 35.9. The van der Waals surface area contributed by atoms with Crippen LogP contribution in [0.3, 0.4) is 0 Å². The summed E-state index contributed by atoms with van der Waals surface area (Å²) in [6.07, 6.45) is 4.87. The molecule has 17 heteroatoms. The molecule has 1 fully saturated rings. The van der Waals surface area contributed by atoms with Gasteiger partial charge in [-0.1, -0.05) is 119 Å². The van der Waals surface area contributed by atoms with E-state index in [0.29, 0.717) is 41.7 Å². The van der Waals surface area contributed by atoms with Crippen LogP contribution in [0.2, 0.25) is 10.0 Å². The maximum atomic E-state index is 12.7. The molecule has 3 aliphatic rings.